The van der Waals surface area contributed by atoms with Crippen LogP contribution in [-0.2, 0) is 24.2 Å². The van der Waals surface area contributed by atoms with Crippen molar-refractivity contribution in [2.45, 2.75) is 32.3 Å². The molecule has 1 aliphatic rings. The quantitative estimate of drug-likeness (QED) is 0.175. The van der Waals surface area contributed by atoms with Gasteiger partial charge in [0.15, 0.2) is 11.5 Å². The van der Waals surface area contributed by atoms with Crippen molar-refractivity contribution in [1.82, 2.24) is 0 Å². The third-order valence-electron chi connectivity index (χ3n) is 5.77. The molecule has 182 valence electrons. The molecule has 0 bridgehead atoms. The molecule has 0 saturated heterocycles. The minimum Gasteiger partial charge on any atom is -0.493 e. The van der Waals surface area contributed by atoms with Gasteiger partial charge in [-0.15, -0.1) is 11.3 Å². The van der Waals surface area contributed by atoms with Gasteiger partial charge in [-0.05, 0) is 83.7 Å². The highest BCUT2D eigenvalue weighted by Gasteiger charge is 2.23. The lowest BCUT2D eigenvalue weighted by atomic mass is 9.96. The number of carbonyl (C=O) groups excluding carboxylic acids is 1. The van der Waals surface area contributed by atoms with Crippen LogP contribution in [0, 0.1) is 26.2 Å². The van der Waals surface area contributed by atoms with Crippen LogP contribution in [0.15, 0.2) is 42.0 Å². The molecule has 1 heterocycles. The number of halogens is 2. The van der Waals surface area contributed by atoms with E-state index < -0.39 is 5.91 Å². The van der Waals surface area contributed by atoms with Crippen molar-refractivity contribution in [1.29, 1.82) is 10.5 Å². The average molecular weight is 630 g/mol. The summed E-state index contributed by atoms with van der Waals surface area (Å²) < 4.78 is 12.3. The van der Waals surface area contributed by atoms with Crippen LogP contribution in [-0.4, -0.2) is 13.0 Å². The zero-order chi connectivity index (χ0) is 25.7. The van der Waals surface area contributed by atoms with Gasteiger partial charge in [0.05, 0.1) is 16.2 Å². The van der Waals surface area contributed by atoms with E-state index in [0.29, 0.717) is 32.6 Å². The maximum atomic E-state index is 13.0. The SMILES string of the molecule is COc1cc(/C=C(\C#N)C(=O)Nc2sc3c(c2C#N)CCCC3)cc(I)c1OCc1ccccc1Cl. The summed E-state index contributed by atoms with van der Waals surface area (Å²) in [6.45, 7) is 0.263. The Kier molecular flexibility index (Phi) is 8.52. The molecule has 4 rings (SSSR count). The van der Waals surface area contributed by atoms with E-state index in [1.807, 2.05) is 24.3 Å². The van der Waals surface area contributed by atoms with Crippen molar-refractivity contribution in [3.05, 3.63) is 77.7 Å². The van der Waals surface area contributed by atoms with E-state index in [9.17, 15) is 15.3 Å². The second-order valence-electron chi connectivity index (χ2n) is 8.06. The van der Waals surface area contributed by atoms with E-state index in [2.05, 4.69) is 34.0 Å². The zero-order valence-electron chi connectivity index (χ0n) is 19.4. The molecule has 6 nitrogen and oxygen atoms in total. The number of rotatable bonds is 7. The number of amides is 1. The van der Waals surface area contributed by atoms with Gasteiger partial charge in [0.25, 0.3) is 5.91 Å². The van der Waals surface area contributed by atoms with Crippen molar-refractivity contribution >= 4 is 62.5 Å². The van der Waals surface area contributed by atoms with Crippen LogP contribution < -0.4 is 14.8 Å². The fourth-order valence-corrected chi connectivity index (χ4v) is 6.19. The van der Waals surface area contributed by atoms with E-state index >= 15 is 0 Å². The minimum atomic E-state index is -0.555. The Morgan fingerprint density at radius 1 is 1.25 bits per heavy atom. The molecular weight excluding hydrogens is 609 g/mol. The Morgan fingerprint density at radius 2 is 2.03 bits per heavy atom. The Hall–Kier alpha value is -3.05. The van der Waals surface area contributed by atoms with Crippen molar-refractivity contribution in [2.24, 2.45) is 0 Å². The van der Waals surface area contributed by atoms with E-state index in [4.69, 9.17) is 21.1 Å². The summed E-state index contributed by atoms with van der Waals surface area (Å²) in [4.78, 5) is 14.1. The fraction of sp³-hybridized carbons (Fsp3) is 0.222. The topological polar surface area (TPSA) is 95.1 Å². The lowest BCUT2D eigenvalue weighted by Gasteiger charge is -2.14. The fourth-order valence-electron chi connectivity index (χ4n) is 3.99. The summed E-state index contributed by atoms with van der Waals surface area (Å²) in [6, 6.07) is 15.1. The van der Waals surface area contributed by atoms with Crippen LogP contribution in [0.4, 0.5) is 5.00 Å². The second-order valence-corrected chi connectivity index (χ2v) is 10.7. The molecular formula is C27H21ClIN3O3S. The van der Waals surface area contributed by atoms with E-state index in [1.54, 1.807) is 18.2 Å². The van der Waals surface area contributed by atoms with Gasteiger partial charge in [0, 0.05) is 15.5 Å². The highest BCUT2D eigenvalue weighted by Crippen LogP contribution is 2.38. The number of benzene rings is 2. The Bertz CT molecular complexity index is 1440. The zero-order valence-corrected chi connectivity index (χ0v) is 23.1. The predicted molar refractivity (Wildman–Crippen MR) is 149 cm³/mol. The number of fused-ring (bicyclic) bond motifs is 1. The number of nitrogens with zero attached hydrogens (tertiary/aromatic N) is 2. The second kappa shape index (κ2) is 11.8. The van der Waals surface area contributed by atoms with Crippen LogP contribution in [0.25, 0.3) is 6.08 Å². The number of thiophene rings is 1. The smallest absolute Gasteiger partial charge is 0.266 e. The minimum absolute atomic E-state index is 0.0761. The summed E-state index contributed by atoms with van der Waals surface area (Å²) in [5.74, 6) is 0.456. The van der Waals surface area contributed by atoms with Crippen LogP contribution in [0.1, 0.15) is 40.0 Å². The molecule has 2 aromatic carbocycles. The summed E-state index contributed by atoms with van der Waals surface area (Å²) in [5.41, 5.74) is 2.91. The summed E-state index contributed by atoms with van der Waals surface area (Å²) in [7, 11) is 1.53. The lowest BCUT2D eigenvalue weighted by molar-refractivity contribution is -0.112. The number of nitriles is 2. The maximum Gasteiger partial charge on any atom is 0.266 e. The first-order valence-electron chi connectivity index (χ1n) is 11.2. The molecule has 1 aliphatic carbocycles. The first kappa shape index (κ1) is 26.0. The van der Waals surface area contributed by atoms with Crippen LogP contribution in [0.2, 0.25) is 5.02 Å². The molecule has 0 aliphatic heterocycles. The largest absolute Gasteiger partial charge is 0.493 e. The normalized spacial score (nSPS) is 12.8. The number of carbonyl (C=O) groups is 1. The Balaban J connectivity index is 1.56. The van der Waals surface area contributed by atoms with E-state index in [0.717, 1.165) is 45.3 Å². The molecule has 3 aromatic rings. The van der Waals surface area contributed by atoms with Crippen molar-refractivity contribution in [3.8, 4) is 23.6 Å². The molecule has 1 aromatic heterocycles. The Morgan fingerprint density at radius 3 is 2.75 bits per heavy atom. The van der Waals surface area contributed by atoms with Gasteiger partial charge in [0.1, 0.15) is 29.3 Å². The van der Waals surface area contributed by atoms with Gasteiger partial charge in [-0.2, -0.15) is 10.5 Å². The summed E-state index contributed by atoms with van der Waals surface area (Å²) >= 11 is 9.78. The van der Waals surface area contributed by atoms with Crippen molar-refractivity contribution in [3.63, 3.8) is 0 Å². The summed E-state index contributed by atoms with van der Waals surface area (Å²) in [5, 5.41) is 23.2. The highest BCUT2D eigenvalue weighted by molar-refractivity contribution is 14.1. The van der Waals surface area contributed by atoms with Gasteiger partial charge in [-0.3, -0.25) is 4.79 Å². The maximum absolute atomic E-state index is 13.0. The monoisotopic (exact) mass is 629 g/mol. The van der Waals surface area contributed by atoms with Gasteiger partial charge in [0.2, 0.25) is 0 Å². The average Bonchev–Trinajstić information content (AvgIpc) is 3.23. The molecule has 1 amide bonds. The first-order chi connectivity index (χ1) is 17.4. The predicted octanol–water partition coefficient (Wildman–Crippen LogP) is 6.89. The van der Waals surface area contributed by atoms with Gasteiger partial charge in [-0.1, -0.05) is 29.8 Å². The Labute approximate surface area is 232 Å². The molecule has 0 fully saturated rings. The number of anilines is 1. The molecule has 1 N–H and O–H groups in total. The van der Waals surface area contributed by atoms with Crippen LogP contribution in [0.5, 0.6) is 11.5 Å². The van der Waals surface area contributed by atoms with Gasteiger partial charge in [-0.25, -0.2) is 0 Å². The summed E-state index contributed by atoms with van der Waals surface area (Å²) in [6.07, 6.45) is 5.36. The van der Waals surface area contributed by atoms with Gasteiger partial charge >= 0.3 is 0 Å². The molecule has 0 radical (unpaired) electrons. The van der Waals surface area contributed by atoms with E-state index in [1.165, 1.54) is 24.5 Å². The standard InChI is InChI=1S/C27H21ClIN3O3S/c1-34-23-12-16(11-22(29)25(23)35-15-17-6-2-4-8-21(17)28)10-18(13-30)26(33)32-27-20(14-31)19-7-3-5-9-24(19)36-27/h2,4,6,8,10-12H,3,5,7,9,15H2,1H3,(H,32,33)/b18-10+. The number of nitrogens with one attached hydrogen (secondary N) is 1. The third-order valence-corrected chi connectivity index (χ3v) is 8.15. The first-order valence-corrected chi connectivity index (χ1v) is 13.4. The van der Waals surface area contributed by atoms with Crippen LogP contribution >= 0.6 is 45.5 Å². The molecule has 0 saturated carbocycles. The van der Waals surface area contributed by atoms with Gasteiger partial charge < -0.3 is 14.8 Å². The molecule has 0 spiro atoms. The number of hydrogen-bond donors (Lipinski definition) is 1. The van der Waals surface area contributed by atoms with Crippen molar-refractivity contribution in [2.75, 3.05) is 12.4 Å². The number of methoxy groups -OCH3 is 1. The third kappa shape index (κ3) is 5.67. The highest BCUT2D eigenvalue weighted by atomic mass is 127. The van der Waals surface area contributed by atoms with Crippen molar-refractivity contribution < 1.29 is 14.3 Å². The lowest BCUT2D eigenvalue weighted by Crippen LogP contribution is -2.13. The number of aryl methyl sites for hydroxylation is 1. The molecule has 0 unspecified atom stereocenters. The van der Waals surface area contributed by atoms with E-state index in [-0.39, 0.29) is 12.2 Å². The number of ether oxygens (including phenoxy) is 2. The number of hydrogen-bond acceptors (Lipinski definition) is 6. The molecule has 0 atom stereocenters. The molecule has 36 heavy (non-hydrogen) atoms. The molecule has 9 heteroatoms. The van der Waals surface area contributed by atoms with Crippen LogP contribution in [0.3, 0.4) is 0 Å².